The van der Waals surface area contributed by atoms with E-state index >= 15 is 0 Å². The van der Waals surface area contributed by atoms with Crippen molar-refractivity contribution in [1.82, 2.24) is 4.90 Å². The van der Waals surface area contributed by atoms with Gasteiger partial charge in [0.2, 0.25) is 5.91 Å². The van der Waals surface area contributed by atoms with Crippen LogP contribution < -0.4 is 0 Å². The molecule has 1 saturated carbocycles. The summed E-state index contributed by atoms with van der Waals surface area (Å²) in [5, 5.41) is 0.343. The van der Waals surface area contributed by atoms with E-state index in [1.54, 1.807) is 30.8 Å². The lowest BCUT2D eigenvalue weighted by Gasteiger charge is -2.27. The Morgan fingerprint density at radius 3 is 2.80 bits per heavy atom. The van der Waals surface area contributed by atoms with Gasteiger partial charge in [0.1, 0.15) is 5.78 Å². The van der Waals surface area contributed by atoms with Crippen LogP contribution in [0.3, 0.4) is 0 Å². The number of carbonyl (C=O) groups is 2. The summed E-state index contributed by atoms with van der Waals surface area (Å²) in [6, 6.07) is 0. The number of thioether (sulfide) groups is 1. The third-order valence-electron chi connectivity index (χ3n) is 2.86. The molecule has 1 fully saturated rings. The van der Waals surface area contributed by atoms with Gasteiger partial charge in [0, 0.05) is 32.2 Å². The number of ketones is 1. The van der Waals surface area contributed by atoms with Crippen LogP contribution in [0.15, 0.2) is 0 Å². The molecular formula is C11H19NO2S. The molecule has 0 saturated heterocycles. The van der Waals surface area contributed by atoms with Gasteiger partial charge in [-0.2, -0.15) is 0 Å². The van der Waals surface area contributed by atoms with Crippen molar-refractivity contribution in [3.8, 4) is 0 Å². The molecule has 0 aromatic carbocycles. The zero-order chi connectivity index (χ0) is 11.4. The first-order chi connectivity index (χ1) is 7.00. The normalized spacial score (nSPS) is 26.5. The van der Waals surface area contributed by atoms with Crippen LogP contribution in [0.2, 0.25) is 0 Å². The molecule has 0 spiro atoms. The fourth-order valence-corrected chi connectivity index (χ4v) is 3.02. The molecule has 0 aromatic rings. The molecule has 1 amide bonds. The number of hydrogen-bond donors (Lipinski definition) is 0. The molecule has 15 heavy (non-hydrogen) atoms. The molecule has 0 aromatic heterocycles. The van der Waals surface area contributed by atoms with Gasteiger partial charge in [0.15, 0.2) is 0 Å². The average Bonchev–Trinajstić information content (AvgIpc) is 2.18. The second kappa shape index (κ2) is 5.54. The van der Waals surface area contributed by atoms with Gasteiger partial charge >= 0.3 is 0 Å². The van der Waals surface area contributed by atoms with Crippen molar-refractivity contribution in [2.45, 2.75) is 31.4 Å². The third-order valence-corrected chi connectivity index (χ3v) is 4.33. The van der Waals surface area contributed by atoms with Gasteiger partial charge in [-0.15, -0.1) is 11.8 Å². The molecule has 1 aliphatic rings. The van der Waals surface area contributed by atoms with E-state index < -0.39 is 0 Å². The van der Waals surface area contributed by atoms with Crippen molar-refractivity contribution in [2.75, 3.05) is 19.8 Å². The number of rotatable bonds is 3. The first-order valence-corrected chi connectivity index (χ1v) is 6.39. The van der Waals surface area contributed by atoms with E-state index in [1.165, 1.54) is 0 Å². The van der Waals surface area contributed by atoms with Crippen LogP contribution in [0, 0.1) is 5.92 Å². The Kier molecular flexibility index (Phi) is 4.64. The van der Waals surface area contributed by atoms with Gasteiger partial charge in [0.25, 0.3) is 0 Å². The number of nitrogens with zero attached hydrogens (tertiary/aromatic N) is 1. The highest BCUT2D eigenvalue weighted by Gasteiger charge is 2.27. The average molecular weight is 229 g/mol. The van der Waals surface area contributed by atoms with Crippen molar-refractivity contribution in [2.24, 2.45) is 5.92 Å². The molecule has 0 aliphatic heterocycles. The first-order valence-electron chi connectivity index (χ1n) is 5.34. The van der Waals surface area contributed by atoms with Gasteiger partial charge in [-0.1, -0.05) is 6.92 Å². The maximum atomic E-state index is 11.4. The summed E-state index contributed by atoms with van der Waals surface area (Å²) >= 11 is 1.63. The molecule has 2 atom stereocenters. The largest absolute Gasteiger partial charge is 0.348 e. The van der Waals surface area contributed by atoms with Crippen LogP contribution in [-0.4, -0.2) is 41.7 Å². The van der Waals surface area contributed by atoms with Crippen LogP contribution in [0.1, 0.15) is 26.2 Å². The highest BCUT2D eigenvalue weighted by atomic mass is 32.2. The molecule has 2 unspecified atom stereocenters. The monoisotopic (exact) mass is 229 g/mol. The Bertz CT molecular complexity index is 253. The van der Waals surface area contributed by atoms with E-state index in [0.29, 0.717) is 29.1 Å². The summed E-state index contributed by atoms with van der Waals surface area (Å²) in [5.41, 5.74) is 0. The molecule has 0 radical (unpaired) electrons. The lowest BCUT2D eigenvalue weighted by atomic mass is 9.89. The van der Waals surface area contributed by atoms with E-state index in [1.807, 2.05) is 0 Å². The van der Waals surface area contributed by atoms with Crippen molar-refractivity contribution < 1.29 is 9.59 Å². The number of carbonyl (C=O) groups excluding carboxylic acids is 2. The minimum absolute atomic E-state index is 0.130. The summed E-state index contributed by atoms with van der Waals surface area (Å²) in [6.45, 7) is 2.17. The van der Waals surface area contributed by atoms with Crippen LogP contribution in [-0.2, 0) is 9.59 Å². The third kappa shape index (κ3) is 3.86. The van der Waals surface area contributed by atoms with E-state index in [4.69, 9.17) is 0 Å². The van der Waals surface area contributed by atoms with E-state index in [9.17, 15) is 9.59 Å². The molecule has 0 N–H and O–H groups in total. The van der Waals surface area contributed by atoms with E-state index in [-0.39, 0.29) is 5.91 Å². The zero-order valence-electron chi connectivity index (χ0n) is 9.66. The van der Waals surface area contributed by atoms with Crippen LogP contribution in [0.5, 0.6) is 0 Å². The maximum Gasteiger partial charge on any atom is 0.232 e. The summed E-state index contributed by atoms with van der Waals surface area (Å²) in [6.07, 6.45) is 2.35. The van der Waals surface area contributed by atoms with Gasteiger partial charge in [-0.25, -0.2) is 0 Å². The smallest absolute Gasteiger partial charge is 0.232 e. The first kappa shape index (κ1) is 12.6. The second-order valence-corrected chi connectivity index (χ2v) is 5.62. The van der Waals surface area contributed by atoms with Gasteiger partial charge in [-0.3, -0.25) is 9.59 Å². The highest BCUT2D eigenvalue weighted by molar-refractivity contribution is 8.00. The number of hydrogen-bond acceptors (Lipinski definition) is 3. The maximum absolute atomic E-state index is 11.4. The lowest BCUT2D eigenvalue weighted by Crippen LogP contribution is -2.29. The van der Waals surface area contributed by atoms with Crippen molar-refractivity contribution in [3.63, 3.8) is 0 Å². The van der Waals surface area contributed by atoms with E-state index in [0.717, 1.165) is 12.8 Å². The summed E-state index contributed by atoms with van der Waals surface area (Å²) in [7, 11) is 3.52. The summed E-state index contributed by atoms with van der Waals surface area (Å²) in [5.74, 6) is 1.53. The van der Waals surface area contributed by atoms with Crippen molar-refractivity contribution in [3.05, 3.63) is 0 Å². The quantitative estimate of drug-likeness (QED) is 0.737. The van der Waals surface area contributed by atoms with E-state index in [2.05, 4.69) is 6.92 Å². The predicted molar refractivity (Wildman–Crippen MR) is 63.0 cm³/mol. The second-order valence-electron chi connectivity index (χ2n) is 4.40. The minimum Gasteiger partial charge on any atom is -0.348 e. The molecule has 86 valence electrons. The standard InChI is InChI=1S/C11H19NO2S/c1-8-4-5-9(13)6-10(8)15-7-11(14)12(2)3/h8,10H,4-7H2,1-3H3. The SMILES string of the molecule is CC1CCC(=O)CC1SCC(=O)N(C)C. The molecule has 1 aliphatic carbocycles. The topological polar surface area (TPSA) is 37.4 Å². The molecular weight excluding hydrogens is 210 g/mol. The summed E-state index contributed by atoms with van der Waals surface area (Å²) in [4.78, 5) is 24.3. The fourth-order valence-electron chi connectivity index (χ4n) is 1.63. The van der Waals surface area contributed by atoms with Gasteiger partial charge in [0.05, 0.1) is 5.75 Å². The lowest BCUT2D eigenvalue weighted by molar-refractivity contribution is -0.126. The Morgan fingerprint density at radius 1 is 1.53 bits per heavy atom. The predicted octanol–water partition coefficient (Wildman–Crippen LogP) is 1.57. The van der Waals surface area contributed by atoms with Crippen LogP contribution in [0.4, 0.5) is 0 Å². The molecule has 3 nitrogen and oxygen atoms in total. The van der Waals surface area contributed by atoms with Gasteiger partial charge in [-0.05, 0) is 12.3 Å². The highest BCUT2D eigenvalue weighted by Crippen LogP contribution is 2.31. The molecule has 0 heterocycles. The Labute approximate surface area is 95.6 Å². The minimum atomic E-state index is 0.130. The van der Waals surface area contributed by atoms with Gasteiger partial charge < -0.3 is 4.90 Å². The summed E-state index contributed by atoms with van der Waals surface area (Å²) < 4.78 is 0. The van der Waals surface area contributed by atoms with Crippen molar-refractivity contribution >= 4 is 23.5 Å². The Balaban J connectivity index is 2.36. The van der Waals surface area contributed by atoms with Crippen molar-refractivity contribution in [1.29, 1.82) is 0 Å². The molecule has 4 heteroatoms. The Hall–Kier alpha value is -0.510. The number of Topliss-reactive ketones (excluding diaryl/α,β-unsaturated/α-hetero) is 1. The number of amides is 1. The molecule has 1 rings (SSSR count). The van der Waals surface area contributed by atoms with Crippen LogP contribution >= 0.6 is 11.8 Å². The zero-order valence-corrected chi connectivity index (χ0v) is 10.5. The Morgan fingerprint density at radius 2 is 2.20 bits per heavy atom. The van der Waals surface area contributed by atoms with Crippen LogP contribution in [0.25, 0.3) is 0 Å². The molecule has 0 bridgehead atoms. The fraction of sp³-hybridized carbons (Fsp3) is 0.818.